The van der Waals surface area contributed by atoms with Crippen LogP contribution in [0.15, 0.2) is 30.3 Å². The van der Waals surface area contributed by atoms with Gasteiger partial charge in [0.25, 0.3) is 0 Å². The largest absolute Gasteiger partial charge is 0.481 e. The molecule has 1 N–H and O–H groups in total. The molecule has 0 saturated carbocycles. The van der Waals surface area contributed by atoms with Crippen molar-refractivity contribution in [2.24, 2.45) is 0 Å². The minimum atomic E-state index is -0.690. The number of carboxylic acids is 1. The third kappa shape index (κ3) is 6.97. The van der Waals surface area contributed by atoms with Crippen LogP contribution in [0.4, 0.5) is 0 Å². The van der Waals surface area contributed by atoms with Crippen LogP contribution in [-0.4, -0.2) is 28.6 Å². The second kappa shape index (κ2) is 8.70. The molecule has 1 rings (SSSR count). The van der Waals surface area contributed by atoms with Crippen LogP contribution in [0.2, 0.25) is 0 Å². The molecule has 0 fully saturated rings. The summed E-state index contributed by atoms with van der Waals surface area (Å²) in [6.07, 6.45) is 3.13. The second-order valence-corrected chi connectivity index (χ2v) is 5.25. The molecule has 0 radical (unpaired) electrons. The van der Waals surface area contributed by atoms with Crippen molar-refractivity contribution in [3.05, 3.63) is 35.9 Å². The van der Waals surface area contributed by atoms with Crippen LogP contribution in [0.3, 0.4) is 0 Å². The third-order valence-corrected chi connectivity index (χ3v) is 3.29. The Hall–Kier alpha value is -1.35. The fourth-order valence-corrected chi connectivity index (χ4v) is 2.11. The van der Waals surface area contributed by atoms with E-state index in [-0.39, 0.29) is 0 Å². The summed E-state index contributed by atoms with van der Waals surface area (Å²) >= 11 is 0. The molecule has 0 aliphatic heterocycles. The molecule has 0 heterocycles. The molecule has 19 heavy (non-hydrogen) atoms. The number of hydrogen-bond donors (Lipinski definition) is 1. The summed E-state index contributed by atoms with van der Waals surface area (Å²) < 4.78 is 0. The number of hydrogen-bond acceptors (Lipinski definition) is 2. The van der Waals surface area contributed by atoms with Gasteiger partial charge in [-0.2, -0.15) is 0 Å². The highest BCUT2D eigenvalue weighted by Gasteiger charge is 2.09. The van der Waals surface area contributed by atoms with Gasteiger partial charge in [-0.3, -0.25) is 9.69 Å². The fraction of sp³-hybridized carbons (Fsp3) is 0.562. The van der Waals surface area contributed by atoms with Crippen LogP contribution in [-0.2, 0) is 11.3 Å². The Labute approximate surface area is 116 Å². The van der Waals surface area contributed by atoms with E-state index in [1.54, 1.807) is 0 Å². The molecule has 3 nitrogen and oxygen atoms in total. The van der Waals surface area contributed by atoms with E-state index in [2.05, 4.69) is 43.0 Å². The lowest BCUT2D eigenvalue weighted by Crippen LogP contribution is -2.31. The number of rotatable bonds is 9. The van der Waals surface area contributed by atoms with Crippen molar-refractivity contribution in [1.29, 1.82) is 0 Å². The molecule has 0 saturated heterocycles. The predicted octanol–water partition coefficient (Wildman–Crippen LogP) is 3.54. The maximum absolute atomic E-state index is 10.4. The van der Waals surface area contributed by atoms with Gasteiger partial charge in [0, 0.05) is 19.0 Å². The van der Waals surface area contributed by atoms with Gasteiger partial charge in [-0.25, -0.2) is 0 Å². The standard InChI is InChI=1S/C16H25NO2/c1-14(2)17(12-8-4-7-11-16(18)19)13-15-9-5-3-6-10-15/h3,5-6,9-10,14H,4,7-8,11-13H2,1-2H3,(H,18,19). The Morgan fingerprint density at radius 1 is 1.16 bits per heavy atom. The summed E-state index contributed by atoms with van der Waals surface area (Å²) in [4.78, 5) is 12.9. The van der Waals surface area contributed by atoms with E-state index >= 15 is 0 Å². The summed E-state index contributed by atoms with van der Waals surface area (Å²) in [6, 6.07) is 11.0. The molecule has 0 unspecified atom stereocenters. The van der Waals surface area contributed by atoms with Gasteiger partial charge in [0.2, 0.25) is 0 Å². The zero-order valence-corrected chi connectivity index (χ0v) is 12.0. The van der Waals surface area contributed by atoms with Crippen LogP contribution in [0, 0.1) is 0 Å². The summed E-state index contributed by atoms with van der Waals surface area (Å²) in [7, 11) is 0. The number of carboxylic acid groups (broad SMARTS) is 1. The van der Waals surface area contributed by atoms with E-state index in [4.69, 9.17) is 5.11 Å². The van der Waals surface area contributed by atoms with E-state index in [1.165, 1.54) is 5.56 Å². The summed E-state index contributed by atoms with van der Waals surface area (Å²) in [5.41, 5.74) is 1.33. The minimum Gasteiger partial charge on any atom is -0.481 e. The molecule has 0 spiro atoms. The van der Waals surface area contributed by atoms with Crippen molar-refractivity contribution in [2.45, 2.75) is 52.1 Å². The van der Waals surface area contributed by atoms with Gasteiger partial charge in [0.15, 0.2) is 0 Å². The Morgan fingerprint density at radius 2 is 1.84 bits per heavy atom. The van der Waals surface area contributed by atoms with Crippen molar-refractivity contribution in [1.82, 2.24) is 4.90 Å². The molecular weight excluding hydrogens is 238 g/mol. The second-order valence-electron chi connectivity index (χ2n) is 5.25. The molecule has 106 valence electrons. The first kappa shape index (κ1) is 15.7. The quantitative estimate of drug-likeness (QED) is 0.693. The highest BCUT2D eigenvalue weighted by atomic mass is 16.4. The van der Waals surface area contributed by atoms with Crippen LogP contribution >= 0.6 is 0 Å². The molecule has 0 atom stereocenters. The molecule has 1 aromatic carbocycles. The smallest absolute Gasteiger partial charge is 0.303 e. The first-order chi connectivity index (χ1) is 9.09. The molecule has 0 aromatic heterocycles. The Kier molecular flexibility index (Phi) is 7.19. The fourth-order valence-electron chi connectivity index (χ4n) is 2.11. The number of carbonyl (C=O) groups is 1. The number of unbranched alkanes of at least 4 members (excludes halogenated alkanes) is 2. The van der Waals surface area contributed by atoms with Gasteiger partial charge in [-0.05, 0) is 38.8 Å². The summed E-state index contributed by atoms with van der Waals surface area (Å²) in [5.74, 6) is -0.690. The Bertz CT molecular complexity index is 362. The topological polar surface area (TPSA) is 40.5 Å². The van der Waals surface area contributed by atoms with Gasteiger partial charge in [-0.1, -0.05) is 36.8 Å². The van der Waals surface area contributed by atoms with E-state index in [9.17, 15) is 4.79 Å². The van der Waals surface area contributed by atoms with E-state index in [1.807, 2.05) is 6.07 Å². The predicted molar refractivity (Wildman–Crippen MR) is 78.1 cm³/mol. The molecule has 0 aliphatic carbocycles. The molecule has 0 bridgehead atoms. The Balaban J connectivity index is 2.31. The van der Waals surface area contributed by atoms with Crippen molar-refractivity contribution in [3.8, 4) is 0 Å². The van der Waals surface area contributed by atoms with Crippen molar-refractivity contribution in [3.63, 3.8) is 0 Å². The minimum absolute atomic E-state index is 0.292. The Morgan fingerprint density at radius 3 is 2.42 bits per heavy atom. The number of aliphatic carboxylic acids is 1. The van der Waals surface area contributed by atoms with Crippen LogP contribution < -0.4 is 0 Å². The van der Waals surface area contributed by atoms with Gasteiger partial charge in [0.05, 0.1) is 0 Å². The SMILES string of the molecule is CC(C)N(CCCCCC(=O)O)Cc1ccccc1. The van der Waals surface area contributed by atoms with Crippen molar-refractivity contribution >= 4 is 5.97 Å². The molecular formula is C16H25NO2. The zero-order valence-electron chi connectivity index (χ0n) is 12.0. The van der Waals surface area contributed by atoms with Gasteiger partial charge in [0.1, 0.15) is 0 Å². The lowest BCUT2D eigenvalue weighted by molar-refractivity contribution is -0.137. The van der Waals surface area contributed by atoms with Gasteiger partial charge < -0.3 is 5.11 Å². The van der Waals surface area contributed by atoms with E-state index in [0.29, 0.717) is 12.5 Å². The van der Waals surface area contributed by atoms with E-state index < -0.39 is 5.97 Å². The first-order valence-corrected chi connectivity index (χ1v) is 7.09. The van der Waals surface area contributed by atoms with Crippen LogP contribution in [0.25, 0.3) is 0 Å². The molecule has 0 aliphatic rings. The maximum atomic E-state index is 10.4. The number of nitrogens with zero attached hydrogens (tertiary/aromatic N) is 1. The van der Waals surface area contributed by atoms with Crippen molar-refractivity contribution in [2.75, 3.05) is 6.54 Å². The van der Waals surface area contributed by atoms with Gasteiger partial charge >= 0.3 is 5.97 Å². The summed E-state index contributed by atoms with van der Waals surface area (Å²) in [6.45, 7) is 6.42. The van der Waals surface area contributed by atoms with Crippen molar-refractivity contribution < 1.29 is 9.90 Å². The third-order valence-electron chi connectivity index (χ3n) is 3.29. The normalized spacial score (nSPS) is 11.2. The average Bonchev–Trinajstić information content (AvgIpc) is 2.37. The monoisotopic (exact) mass is 263 g/mol. The molecule has 3 heteroatoms. The van der Waals surface area contributed by atoms with Crippen LogP contribution in [0.5, 0.6) is 0 Å². The highest BCUT2D eigenvalue weighted by Crippen LogP contribution is 2.10. The molecule has 1 aromatic rings. The zero-order chi connectivity index (χ0) is 14.1. The average molecular weight is 263 g/mol. The van der Waals surface area contributed by atoms with Gasteiger partial charge in [-0.15, -0.1) is 0 Å². The maximum Gasteiger partial charge on any atom is 0.303 e. The lowest BCUT2D eigenvalue weighted by atomic mass is 10.1. The molecule has 0 amide bonds. The number of benzene rings is 1. The van der Waals surface area contributed by atoms with Crippen LogP contribution in [0.1, 0.15) is 45.1 Å². The highest BCUT2D eigenvalue weighted by molar-refractivity contribution is 5.66. The lowest BCUT2D eigenvalue weighted by Gasteiger charge is -2.26. The summed E-state index contributed by atoms with van der Waals surface area (Å²) in [5, 5.41) is 8.59. The first-order valence-electron chi connectivity index (χ1n) is 7.09. The van der Waals surface area contributed by atoms with E-state index in [0.717, 1.165) is 32.4 Å².